The summed E-state index contributed by atoms with van der Waals surface area (Å²) >= 11 is 0. The van der Waals surface area contributed by atoms with Crippen LogP contribution in [0, 0.1) is 11.8 Å². The maximum atomic E-state index is 12.0. The van der Waals surface area contributed by atoms with E-state index in [1.54, 1.807) is 0 Å². The van der Waals surface area contributed by atoms with Gasteiger partial charge in [-0.15, -0.1) is 0 Å². The molecule has 0 N–H and O–H groups in total. The van der Waals surface area contributed by atoms with Crippen molar-refractivity contribution < 1.29 is 4.79 Å². The van der Waals surface area contributed by atoms with Crippen LogP contribution in [-0.4, -0.2) is 19.9 Å². The van der Waals surface area contributed by atoms with Crippen LogP contribution in [0.2, 0.25) is 0 Å². The lowest BCUT2D eigenvalue weighted by Gasteiger charge is -2.11. The lowest BCUT2D eigenvalue weighted by atomic mass is 10.1. The van der Waals surface area contributed by atoms with Gasteiger partial charge in [0.25, 0.3) is 0 Å². The second kappa shape index (κ2) is 6.76. The number of carbonyl (C=O) groups excluding carboxylic acids is 1. The van der Waals surface area contributed by atoms with Gasteiger partial charge < -0.3 is 4.90 Å². The highest BCUT2D eigenvalue weighted by Gasteiger charge is 2.01. The van der Waals surface area contributed by atoms with Crippen molar-refractivity contribution >= 4 is 11.5 Å². The van der Waals surface area contributed by atoms with E-state index in [-0.39, 0.29) is 5.78 Å². The molecule has 2 nitrogen and oxygen atoms in total. The molecule has 0 saturated heterocycles. The largest absolute Gasteiger partial charge is 0.378 e. The Kier molecular flexibility index (Phi) is 4.79. The highest BCUT2D eigenvalue weighted by Crippen LogP contribution is 2.11. The molecule has 21 heavy (non-hydrogen) atoms. The summed E-state index contributed by atoms with van der Waals surface area (Å²) in [6.45, 7) is 2.09. The fourth-order valence-corrected chi connectivity index (χ4v) is 1.94. The molecule has 0 amide bonds. The van der Waals surface area contributed by atoms with Crippen LogP contribution in [0.3, 0.4) is 0 Å². The Bertz CT molecular complexity index is 670. The van der Waals surface area contributed by atoms with Crippen molar-refractivity contribution in [2.75, 3.05) is 19.0 Å². The summed E-state index contributed by atoms with van der Waals surface area (Å²) in [5, 5.41) is 0. The van der Waals surface area contributed by atoms with E-state index >= 15 is 0 Å². The SMILES string of the molecule is CCc1ccc(C(=O)C#Cc2ccc(N(C)C)cc2)cc1. The number of nitrogens with zero attached hydrogens (tertiary/aromatic N) is 1. The maximum Gasteiger partial charge on any atom is 0.236 e. The molecule has 0 bridgehead atoms. The van der Waals surface area contributed by atoms with Crippen molar-refractivity contribution in [2.24, 2.45) is 0 Å². The van der Waals surface area contributed by atoms with Gasteiger partial charge in [-0.2, -0.15) is 0 Å². The number of ketones is 1. The first kappa shape index (κ1) is 14.9. The summed E-state index contributed by atoms with van der Waals surface area (Å²) in [5.41, 5.74) is 3.82. The highest BCUT2D eigenvalue weighted by atomic mass is 16.1. The number of carbonyl (C=O) groups is 1. The van der Waals surface area contributed by atoms with Crippen LogP contribution < -0.4 is 4.90 Å². The zero-order valence-electron chi connectivity index (χ0n) is 12.7. The molecule has 2 aromatic rings. The van der Waals surface area contributed by atoms with Gasteiger partial charge in [0.05, 0.1) is 0 Å². The number of aryl methyl sites for hydroxylation is 1. The summed E-state index contributed by atoms with van der Waals surface area (Å²) in [5.74, 6) is 5.47. The third-order valence-corrected chi connectivity index (χ3v) is 3.33. The van der Waals surface area contributed by atoms with E-state index in [4.69, 9.17) is 0 Å². The molecule has 0 aliphatic heterocycles. The number of hydrogen-bond donors (Lipinski definition) is 0. The molecule has 2 aromatic carbocycles. The van der Waals surface area contributed by atoms with E-state index < -0.39 is 0 Å². The molecule has 0 unspecified atom stereocenters. The minimum Gasteiger partial charge on any atom is -0.378 e. The fraction of sp³-hybridized carbons (Fsp3) is 0.211. The smallest absolute Gasteiger partial charge is 0.236 e. The maximum absolute atomic E-state index is 12.0. The predicted molar refractivity (Wildman–Crippen MR) is 87.8 cm³/mol. The van der Waals surface area contributed by atoms with Crippen molar-refractivity contribution in [1.29, 1.82) is 0 Å². The Labute approximate surface area is 126 Å². The Morgan fingerprint density at radius 1 is 1.00 bits per heavy atom. The molecular weight excluding hydrogens is 258 g/mol. The lowest BCUT2D eigenvalue weighted by molar-refractivity contribution is 0.105. The van der Waals surface area contributed by atoms with E-state index in [1.165, 1.54) is 5.56 Å². The molecule has 106 valence electrons. The first-order valence-corrected chi connectivity index (χ1v) is 7.03. The van der Waals surface area contributed by atoms with Crippen LogP contribution in [-0.2, 0) is 6.42 Å². The third kappa shape index (κ3) is 3.97. The van der Waals surface area contributed by atoms with Crippen LogP contribution >= 0.6 is 0 Å². The zero-order valence-corrected chi connectivity index (χ0v) is 12.7. The summed E-state index contributed by atoms with van der Waals surface area (Å²) in [4.78, 5) is 14.0. The molecule has 0 fully saturated rings. The van der Waals surface area contributed by atoms with Crippen LogP contribution in [0.15, 0.2) is 48.5 Å². The Balaban J connectivity index is 2.11. The fourth-order valence-electron chi connectivity index (χ4n) is 1.94. The van der Waals surface area contributed by atoms with Crippen LogP contribution in [0.5, 0.6) is 0 Å². The van der Waals surface area contributed by atoms with Crippen LogP contribution in [0.4, 0.5) is 5.69 Å². The molecule has 0 radical (unpaired) electrons. The van der Waals surface area contributed by atoms with Crippen molar-refractivity contribution in [3.05, 3.63) is 65.2 Å². The van der Waals surface area contributed by atoms with Gasteiger partial charge in [0.1, 0.15) is 0 Å². The van der Waals surface area contributed by atoms with Crippen LogP contribution in [0.1, 0.15) is 28.4 Å². The Morgan fingerprint density at radius 2 is 1.62 bits per heavy atom. The van der Waals surface area contributed by atoms with E-state index in [1.807, 2.05) is 67.5 Å². The van der Waals surface area contributed by atoms with E-state index in [2.05, 4.69) is 18.8 Å². The predicted octanol–water partition coefficient (Wildman–Crippen LogP) is 3.55. The monoisotopic (exact) mass is 277 g/mol. The first-order chi connectivity index (χ1) is 10.1. The molecule has 0 heterocycles. The molecule has 0 aromatic heterocycles. The third-order valence-electron chi connectivity index (χ3n) is 3.33. The molecule has 0 aliphatic carbocycles. The lowest BCUT2D eigenvalue weighted by Crippen LogP contribution is -2.07. The van der Waals surface area contributed by atoms with Crippen molar-refractivity contribution in [3.63, 3.8) is 0 Å². The molecule has 2 rings (SSSR count). The van der Waals surface area contributed by atoms with Gasteiger partial charge in [-0.25, -0.2) is 0 Å². The average molecular weight is 277 g/mol. The quantitative estimate of drug-likeness (QED) is 0.631. The molecular formula is C19H19NO. The normalized spacial score (nSPS) is 9.67. The van der Waals surface area contributed by atoms with Gasteiger partial charge in [0.2, 0.25) is 5.78 Å². The minimum absolute atomic E-state index is 0.144. The van der Waals surface area contributed by atoms with Crippen molar-refractivity contribution in [3.8, 4) is 11.8 Å². The Hall–Kier alpha value is -2.53. The van der Waals surface area contributed by atoms with Crippen molar-refractivity contribution in [2.45, 2.75) is 13.3 Å². The number of benzene rings is 2. The van der Waals surface area contributed by atoms with Gasteiger partial charge >= 0.3 is 0 Å². The molecule has 0 atom stereocenters. The molecule has 0 saturated carbocycles. The summed E-state index contributed by atoms with van der Waals surface area (Å²) in [7, 11) is 3.98. The van der Waals surface area contributed by atoms with E-state index in [0.29, 0.717) is 5.56 Å². The summed E-state index contributed by atoms with van der Waals surface area (Å²) in [6, 6.07) is 15.5. The standard InChI is InChI=1S/C19H19NO/c1-4-15-5-10-17(11-6-15)19(21)14-9-16-7-12-18(13-8-16)20(2)3/h5-8,10-13H,4H2,1-3H3. The topological polar surface area (TPSA) is 20.3 Å². The van der Waals surface area contributed by atoms with Gasteiger partial charge in [-0.1, -0.05) is 37.1 Å². The second-order valence-corrected chi connectivity index (χ2v) is 5.07. The number of hydrogen-bond acceptors (Lipinski definition) is 2. The minimum atomic E-state index is -0.144. The molecule has 2 heteroatoms. The van der Waals surface area contributed by atoms with Gasteiger partial charge in [-0.3, -0.25) is 4.79 Å². The molecule has 0 aliphatic rings. The average Bonchev–Trinajstić information content (AvgIpc) is 2.53. The highest BCUT2D eigenvalue weighted by molar-refractivity contribution is 6.09. The molecule has 0 spiro atoms. The first-order valence-electron chi connectivity index (χ1n) is 7.03. The van der Waals surface area contributed by atoms with E-state index in [0.717, 1.165) is 17.7 Å². The summed E-state index contributed by atoms with van der Waals surface area (Å²) < 4.78 is 0. The van der Waals surface area contributed by atoms with E-state index in [9.17, 15) is 4.79 Å². The van der Waals surface area contributed by atoms with Crippen LogP contribution in [0.25, 0.3) is 0 Å². The van der Waals surface area contributed by atoms with Gasteiger partial charge in [0.15, 0.2) is 0 Å². The zero-order chi connectivity index (χ0) is 15.2. The number of anilines is 1. The van der Waals surface area contributed by atoms with Crippen molar-refractivity contribution in [1.82, 2.24) is 0 Å². The number of rotatable bonds is 3. The van der Waals surface area contributed by atoms with Gasteiger partial charge in [-0.05, 0) is 42.2 Å². The Morgan fingerprint density at radius 3 is 2.14 bits per heavy atom. The van der Waals surface area contributed by atoms with Gasteiger partial charge in [0, 0.05) is 30.9 Å². The summed E-state index contributed by atoms with van der Waals surface area (Å²) in [6.07, 6.45) is 0.971. The second-order valence-electron chi connectivity index (χ2n) is 5.07. The number of Topliss-reactive ketones (excluding diaryl/α,β-unsaturated/α-hetero) is 1.